The molecule has 1 atom stereocenters. The Morgan fingerprint density at radius 3 is 1.68 bits per heavy atom. The van der Waals surface area contributed by atoms with Crippen LogP contribution in [0.4, 0.5) is 0 Å². The Balaban J connectivity index is 1.81. The summed E-state index contributed by atoms with van der Waals surface area (Å²) in [6.07, 6.45) is 0. The minimum atomic E-state index is 0.0242. The van der Waals surface area contributed by atoms with Crippen LogP contribution in [0.2, 0.25) is 5.02 Å². The molecule has 0 nitrogen and oxygen atoms in total. The second-order valence-corrected chi connectivity index (χ2v) is 7.30. The molecular weight excluding hydrogens is 308 g/mol. The molecule has 0 unspecified atom stereocenters. The van der Waals surface area contributed by atoms with Crippen molar-refractivity contribution in [1.82, 2.24) is 0 Å². The van der Waals surface area contributed by atoms with Crippen molar-refractivity contribution < 1.29 is 0 Å². The number of halogens is 1. The molecule has 0 aromatic heterocycles. The van der Waals surface area contributed by atoms with Crippen molar-refractivity contribution >= 4 is 23.4 Å². The molecule has 0 radical (unpaired) electrons. The van der Waals surface area contributed by atoms with Crippen molar-refractivity contribution in [2.75, 3.05) is 0 Å². The molecule has 1 aliphatic heterocycles. The highest BCUT2D eigenvalue weighted by molar-refractivity contribution is 8.07. The standard InChI is InChI=1S/C20H15ClS/c21-18-13-11-15(12-14-18)19-20(22-19,16-7-3-1-4-8-16)17-9-5-2-6-10-17/h1-14,19H/t19-/m0/s1. The van der Waals surface area contributed by atoms with Crippen LogP contribution >= 0.6 is 23.4 Å². The van der Waals surface area contributed by atoms with Crippen molar-refractivity contribution in [3.8, 4) is 0 Å². The van der Waals surface area contributed by atoms with Crippen LogP contribution in [0.15, 0.2) is 84.9 Å². The maximum atomic E-state index is 6.04. The molecule has 22 heavy (non-hydrogen) atoms. The van der Waals surface area contributed by atoms with E-state index >= 15 is 0 Å². The van der Waals surface area contributed by atoms with Crippen molar-refractivity contribution in [2.24, 2.45) is 0 Å². The quantitative estimate of drug-likeness (QED) is 0.527. The highest BCUT2D eigenvalue weighted by Crippen LogP contribution is 2.74. The SMILES string of the molecule is Clc1ccc([C@@H]2SC2(c2ccccc2)c2ccccc2)cc1. The zero-order chi connectivity index (χ0) is 15.0. The molecule has 3 aromatic carbocycles. The van der Waals surface area contributed by atoms with E-state index in [-0.39, 0.29) is 4.75 Å². The predicted octanol–water partition coefficient (Wildman–Crippen LogP) is 6.07. The summed E-state index contributed by atoms with van der Waals surface area (Å²) in [7, 11) is 0. The van der Waals surface area contributed by atoms with Crippen molar-refractivity contribution in [3.05, 3.63) is 107 Å². The van der Waals surface area contributed by atoms with E-state index in [2.05, 4.69) is 72.8 Å². The Kier molecular flexibility index (Phi) is 3.48. The third-order valence-electron chi connectivity index (χ3n) is 4.19. The van der Waals surface area contributed by atoms with Gasteiger partial charge in [0.25, 0.3) is 0 Å². The summed E-state index contributed by atoms with van der Waals surface area (Å²) in [5, 5.41) is 1.23. The van der Waals surface area contributed by atoms with E-state index in [1.54, 1.807) is 0 Å². The molecule has 4 rings (SSSR count). The first kappa shape index (κ1) is 13.9. The molecule has 3 aromatic rings. The minimum Gasteiger partial charge on any atom is -0.134 e. The van der Waals surface area contributed by atoms with E-state index in [1.807, 2.05) is 23.9 Å². The molecule has 0 amide bonds. The highest BCUT2D eigenvalue weighted by Gasteiger charge is 2.58. The van der Waals surface area contributed by atoms with Gasteiger partial charge in [-0.15, -0.1) is 11.8 Å². The van der Waals surface area contributed by atoms with Gasteiger partial charge in [0.2, 0.25) is 0 Å². The van der Waals surface area contributed by atoms with Gasteiger partial charge in [0.05, 0.1) is 10.00 Å². The summed E-state index contributed by atoms with van der Waals surface area (Å²) in [4.78, 5) is 0. The number of benzene rings is 3. The van der Waals surface area contributed by atoms with Gasteiger partial charge in [0.15, 0.2) is 0 Å². The average Bonchev–Trinajstić information content (AvgIpc) is 3.34. The molecule has 2 heteroatoms. The van der Waals surface area contributed by atoms with Gasteiger partial charge in [0.1, 0.15) is 0 Å². The molecular formula is C20H15ClS. The Morgan fingerprint density at radius 2 is 1.18 bits per heavy atom. The molecule has 0 saturated carbocycles. The summed E-state index contributed by atoms with van der Waals surface area (Å²) in [6.45, 7) is 0. The molecule has 1 saturated heterocycles. The molecule has 0 aliphatic carbocycles. The first-order chi connectivity index (χ1) is 10.8. The van der Waals surface area contributed by atoms with E-state index in [0.29, 0.717) is 5.25 Å². The van der Waals surface area contributed by atoms with Gasteiger partial charge < -0.3 is 0 Å². The Hall–Kier alpha value is -1.70. The number of thioether (sulfide) groups is 1. The van der Waals surface area contributed by atoms with Crippen LogP contribution in [0, 0.1) is 0 Å². The Labute approximate surface area is 140 Å². The van der Waals surface area contributed by atoms with E-state index < -0.39 is 0 Å². The summed E-state index contributed by atoms with van der Waals surface area (Å²) in [6, 6.07) is 29.8. The van der Waals surface area contributed by atoms with Crippen LogP contribution in [-0.4, -0.2) is 0 Å². The normalized spacial score (nSPS) is 18.9. The zero-order valence-electron chi connectivity index (χ0n) is 11.9. The third kappa shape index (κ3) is 2.25. The Bertz CT molecular complexity index is 726. The van der Waals surface area contributed by atoms with Gasteiger partial charge in [0, 0.05) is 5.02 Å². The van der Waals surface area contributed by atoms with Gasteiger partial charge in [-0.2, -0.15) is 0 Å². The number of hydrogen-bond donors (Lipinski definition) is 0. The fourth-order valence-corrected chi connectivity index (χ4v) is 4.74. The minimum absolute atomic E-state index is 0.0242. The lowest BCUT2D eigenvalue weighted by Crippen LogP contribution is -2.10. The summed E-state index contributed by atoms with van der Waals surface area (Å²) in [5.74, 6) is 0. The van der Waals surface area contributed by atoms with Crippen molar-refractivity contribution in [1.29, 1.82) is 0 Å². The van der Waals surface area contributed by atoms with E-state index in [4.69, 9.17) is 11.6 Å². The number of hydrogen-bond acceptors (Lipinski definition) is 1. The van der Waals surface area contributed by atoms with Gasteiger partial charge in [-0.05, 0) is 28.8 Å². The fourth-order valence-electron chi connectivity index (χ4n) is 3.07. The maximum Gasteiger partial charge on any atom is 0.0823 e. The summed E-state index contributed by atoms with van der Waals surface area (Å²) in [5.41, 5.74) is 4.07. The largest absolute Gasteiger partial charge is 0.134 e. The van der Waals surface area contributed by atoms with Crippen LogP contribution in [0.3, 0.4) is 0 Å². The molecule has 0 N–H and O–H groups in total. The second kappa shape index (κ2) is 5.49. The molecule has 0 bridgehead atoms. The number of rotatable bonds is 3. The van der Waals surface area contributed by atoms with Gasteiger partial charge in [-0.3, -0.25) is 0 Å². The van der Waals surface area contributed by atoms with E-state index in [1.165, 1.54) is 16.7 Å². The lowest BCUT2D eigenvalue weighted by Gasteiger charge is -2.17. The van der Waals surface area contributed by atoms with Crippen molar-refractivity contribution in [3.63, 3.8) is 0 Å². The van der Waals surface area contributed by atoms with Crippen LogP contribution < -0.4 is 0 Å². The van der Waals surface area contributed by atoms with Crippen LogP contribution in [0.5, 0.6) is 0 Å². The summed E-state index contributed by atoms with van der Waals surface area (Å²) < 4.78 is 0.0242. The van der Waals surface area contributed by atoms with Gasteiger partial charge >= 0.3 is 0 Å². The Morgan fingerprint density at radius 1 is 0.682 bits per heavy atom. The molecule has 1 heterocycles. The predicted molar refractivity (Wildman–Crippen MR) is 95.4 cm³/mol. The lowest BCUT2D eigenvalue weighted by molar-refractivity contribution is 0.824. The maximum absolute atomic E-state index is 6.04. The molecule has 108 valence electrons. The third-order valence-corrected chi connectivity index (χ3v) is 6.13. The topological polar surface area (TPSA) is 0 Å². The zero-order valence-corrected chi connectivity index (χ0v) is 13.5. The lowest BCUT2D eigenvalue weighted by atomic mass is 9.86. The van der Waals surface area contributed by atoms with E-state index in [0.717, 1.165) is 5.02 Å². The first-order valence-corrected chi connectivity index (χ1v) is 8.61. The van der Waals surface area contributed by atoms with Gasteiger partial charge in [-0.1, -0.05) is 84.4 Å². The molecule has 1 aliphatic rings. The fraction of sp³-hybridized carbons (Fsp3) is 0.100. The highest BCUT2D eigenvalue weighted by atomic mass is 35.5. The molecule has 1 fully saturated rings. The van der Waals surface area contributed by atoms with Crippen LogP contribution in [0.1, 0.15) is 21.9 Å². The van der Waals surface area contributed by atoms with E-state index in [9.17, 15) is 0 Å². The first-order valence-electron chi connectivity index (χ1n) is 7.35. The van der Waals surface area contributed by atoms with Crippen LogP contribution in [-0.2, 0) is 4.75 Å². The average molecular weight is 323 g/mol. The smallest absolute Gasteiger partial charge is 0.0823 e. The second-order valence-electron chi connectivity index (χ2n) is 5.52. The van der Waals surface area contributed by atoms with Crippen molar-refractivity contribution in [2.45, 2.75) is 10.00 Å². The molecule has 0 spiro atoms. The summed E-state index contributed by atoms with van der Waals surface area (Å²) >= 11 is 8.04. The van der Waals surface area contributed by atoms with Gasteiger partial charge in [-0.25, -0.2) is 0 Å². The van der Waals surface area contributed by atoms with Crippen LogP contribution in [0.25, 0.3) is 0 Å². The monoisotopic (exact) mass is 322 g/mol.